The highest BCUT2D eigenvalue weighted by molar-refractivity contribution is 5.51. The number of ether oxygens (including phenoxy) is 1. The van der Waals surface area contributed by atoms with Gasteiger partial charge in [0.2, 0.25) is 5.89 Å². The summed E-state index contributed by atoms with van der Waals surface area (Å²) < 4.78 is 36.3. The molecule has 0 amide bonds. The van der Waals surface area contributed by atoms with Crippen molar-refractivity contribution in [1.82, 2.24) is 14.8 Å². The zero-order chi connectivity index (χ0) is 18.5. The lowest BCUT2D eigenvalue weighted by atomic mass is 10.2. The molecule has 132 valence electrons. The van der Waals surface area contributed by atoms with Gasteiger partial charge in [0, 0.05) is 23.4 Å². The van der Waals surface area contributed by atoms with Crippen LogP contribution in [0.4, 0.5) is 8.78 Å². The molecule has 0 atom stereocenters. The van der Waals surface area contributed by atoms with Crippen molar-refractivity contribution in [2.75, 3.05) is 7.11 Å². The van der Waals surface area contributed by atoms with Crippen LogP contribution in [-0.2, 0) is 6.54 Å². The van der Waals surface area contributed by atoms with Gasteiger partial charge >= 0.3 is 6.43 Å². The summed E-state index contributed by atoms with van der Waals surface area (Å²) in [5, 5.41) is 6.75. The van der Waals surface area contributed by atoms with Crippen LogP contribution >= 0.6 is 0 Å². The van der Waals surface area contributed by atoms with Gasteiger partial charge in [-0.3, -0.25) is 4.79 Å². The molecule has 26 heavy (non-hydrogen) atoms. The molecule has 0 unspecified atom stereocenters. The second kappa shape index (κ2) is 7.61. The lowest BCUT2D eigenvalue weighted by Gasteiger charge is -2.01. The van der Waals surface area contributed by atoms with Gasteiger partial charge in [-0.15, -0.1) is 10.2 Å². The molecular formula is C18H13F2N3O3. The molecule has 0 spiro atoms. The van der Waals surface area contributed by atoms with Gasteiger partial charge in [-0.1, -0.05) is 17.9 Å². The van der Waals surface area contributed by atoms with E-state index in [1.807, 2.05) is 18.2 Å². The maximum Gasteiger partial charge on any atom is 0.314 e. The minimum absolute atomic E-state index is 0.132. The number of halogens is 2. The van der Waals surface area contributed by atoms with Crippen LogP contribution in [0, 0.1) is 11.8 Å². The average molecular weight is 357 g/mol. The smallest absolute Gasteiger partial charge is 0.314 e. The number of aromatic nitrogens is 3. The molecule has 0 saturated carbocycles. The second-order valence-corrected chi connectivity index (χ2v) is 5.16. The Morgan fingerprint density at radius 3 is 2.81 bits per heavy atom. The monoisotopic (exact) mass is 357 g/mol. The van der Waals surface area contributed by atoms with E-state index in [1.165, 1.54) is 22.9 Å². The van der Waals surface area contributed by atoms with Crippen LogP contribution in [0.15, 0.2) is 51.8 Å². The van der Waals surface area contributed by atoms with E-state index in [-0.39, 0.29) is 23.6 Å². The quantitative estimate of drug-likeness (QED) is 0.672. The normalized spacial score (nSPS) is 10.5. The Morgan fingerprint density at radius 1 is 1.27 bits per heavy atom. The maximum absolute atomic E-state index is 12.5. The Labute approximate surface area is 147 Å². The Bertz CT molecular complexity index is 1030. The number of alkyl halides is 2. The minimum Gasteiger partial charge on any atom is -0.497 e. The van der Waals surface area contributed by atoms with Crippen LogP contribution in [-0.4, -0.2) is 21.9 Å². The molecule has 8 heteroatoms. The van der Waals surface area contributed by atoms with E-state index < -0.39 is 12.3 Å². The van der Waals surface area contributed by atoms with E-state index in [0.29, 0.717) is 5.75 Å². The SMILES string of the molecule is COc1cccc(C#CCn2ccc(-c3nnc(C(F)F)o3)cc2=O)c1. The molecule has 0 aliphatic heterocycles. The van der Waals surface area contributed by atoms with Crippen molar-refractivity contribution in [1.29, 1.82) is 0 Å². The van der Waals surface area contributed by atoms with Gasteiger partial charge in [-0.05, 0) is 24.3 Å². The van der Waals surface area contributed by atoms with Crippen LogP contribution in [0.5, 0.6) is 5.75 Å². The topological polar surface area (TPSA) is 70.2 Å². The van der Waals surface area contributed by atoms with Crippen LogP contribution in [0.25, 0.3) is 11.5 Å². The predicted octanol–water partition coefficient (Wildman–Crippen LogP) is 2.90. The highest BCUT2D eigenvalue weighted by atomic mass is 19.3. The Morgan fingerprint density at radius 2 is 2.12 bits per heavy atom. The largest absolute Gasteiger partial charge is 0.497 e. The van der Waals surface area contributed by atoms with E-state index in [4.69, 9.17) is 9.15 Å². The number of hydrogen-bond donors (Lipinski definition) is 0. The number of benzene rings is 1. The fraction of sp³-hybridized carbons (Fsp3) is 0.167. The number of hydrogen-bond acceptors (Lipinski definition) is 5. The molecule has 0 N–H and O–H groups in total. The molecule has 0 aliphatic rings. The highest BCUT2D eigenvalue weighted by Gasteiger charge is 2.17. The van der Waals surface area contributed by atoms with Gasteiger partial charge in [-0.25, -0.2) is 0 Å². The Balaban J connectivity index is 1.76. The lowest BCUT2D eigenvalue weighted by molar-refractivity contribution is 0.116. The van der Waals surface area contributed by atoms with E-state index in [0.717, 1.165) is 5.56 Å². The number of nitrogens with zero attached hydrogens (tertiary/aromatic N) is 3. The van der Waals surface area contributed by atoms with Crippen molar-refractivity contribution < 1.29 is 17.9 Å². The molecule has 2 aromatic heterocycles. The Hall–Kier alpha value is -3.47. The summed E-state index contributed by atoms with van der Waals surface area (Å²) in [5.74, 6) is 5.62. The molecule has 0 fully saturated rings. The molecule has 0 bridgehead atoms. The van der Waals surface area contributed by atoms with Crippen molar-refractivity contribution in [3.8, 4) is 29.0 Å². The summed E-state index contributed by atoms with van der Waals surface area (Å²) in [5.41, 5.74) is 0.671. The zero-order valence-electron chi connectivity index (χ0n) is 13.6. The van der Waals surface area contributed by atoms with Crippen molar-refractivity contribution in [2.45, 2.75) is 13.0 Å². The highest BCUT2D eigenvalue weighted by Crippen LogP contribution is 2.22. The number of methoxy groups -OCH3 is 1. The van der Waals surface area contributed by atoms with Crippen LogP contribution in [0.1, 0.15) is 17.9 Å². The molecule has 3 rings (SSSR count). The molecule has 1 aromatic carbocycles. The molecule has 0 aliphatic carbocycles. The molecule has 0 radical (unpaired) electrons. The molecule has 0 saturated heterocycles. The van der Waals surface area contributed by atoms with Crippen molar-refractivity contribution in [3.63, 3.8) is 0 Å². The molecule has 2 heterocycles. The predicted molar refractivity (Wildman–Crippen MR) is 88.8 cm³/mol. The van der Waals surface area contributed by atoms with Crippen molar-refractivity contribution in [3.05, 3.63) is 64.4 Å². The van der Waals surface area contributed by atoms with Gasteiger partial charge in [0.1, 0.15) is 5.75 Å². The summed E-state index contributed by atoms with van der Waals surface area (Å²) in [7, 11) is 1.57. The summed E-state index contributed by atoms with van der Waals surface area (Å²) in [6.45, 7) is 0.169. The van der Waals surface area contributed by atoms with E-state index >= 15 is 0 Å². The number of pyridine rings is 1. The van der Waals surface area contributed by atoms with E-state index in [1.54, 1.807) is 13.2 Å². The maximum atomic E-state index is 12.5. The van der Waals surface area contributed by atoms with E-state index in [9.17, 15) is 13.6 Å². The summed E-state index contributed by atoms with van der Waals surface area (Å²) in [6, 6.07) is 10.0. The van der Waals surface area contributed by atoms with Crippen LogP contribution < -0.4 is 10.3 Å². The lowest BCUT2D eigenvalue weighted by Crippen LogP contribution is -2.17. The van der Waals surface area contributed by atoms with Crippen molar-refractivity contribution >= 4 is 0 Å². The van der Waals surface area contributed by atoms with Crippen LogP contribution in [0.3, 0.4) is 0 Å². The first-order valence-electron chi connectivity index (χ1n) is 7.52. The number of rotatable bonds is 4. The average Bonchev–Trinajstić information content (AvgIpc) is 3.14. The fourth-order valence-corrected chi connectivity index (χ4v) is 2.14. The van der Waals surface area contributed by atoms with Crippen LogP contribution in [0.2, 0.25) is 0 Å². The van der Waals surface area contributed by atoms with Gasteiger partial charge in [0.25, 0.3) is 11.4 Å². The first-order valence-corrected chi connectivity index (χ1v) is 7.52. The molecule has 6 nitrogen and oxygen atoms in total. The second-order valence-electron chi connectivity index (χ2n) is 5.16. The van der Waals surface area contributed by atoms with Gasteiger partial charge in [-0.2, -0.15) is 8.78 Å². The summed E-state index contributed by atoms with van der Waals surface area (Å²) >= 11 is 0. The van der Waals surface area contributed by atoms with Crippen molar-refractivity contribution in [2.24, 2.45) is 0 Å². The first kappa shape index (κ1) is 17.4. The third-order valence-corrected chi connectivity index (χ3v) is 3.42. The zero-order valence-corrected chi connectivity index (χ0v) is 13.6. The third-order valence-electron chi connectivity index (χ3n) is 3.42. The molecular weight excluding hydrogens is 344 g/mol. The molecule has 3 aromatic rings. The minimum atomic E-state index is -2.86. The van der Waals surface area contributed by atoms with Gasteiger partial charge in [0.05, 0.1) is 13.7 Å². The Kier molecular flexibility index (Phi) is 5.08. The first-order chi connectivity index (χ1) is 12.6. The van der Waals surface area contributed by atoms with Gasteiger partial charge < -0.3 is 13.7 Å². The standard InChI is InChI=1S/C18H13F2N3O3/c1-25-14-6-2-4-12(10-14)5-3-8-23-9-7-13(11-15(23)24)17-21-22-18(26-17)16(19)20/h2,4,6-7,9-11,16H,8H2,1H3. The third kappa shape index (κ3) is 3.95. The summed E-state index contributed by atoms with van der Waals surface area (Å²) in [4.78, 5) is 12.1. The fourth-order valence-electron chi connectivity index (χ4n) is 2.14. The van der Waals surface area contributed by atoms with Gasteiger partial charge in [0.15, 0.2) is 0 Å². The van der Waals surface area contributed by atoms with E-state index in [2.05, 4.69) is 22.0 Å². The summed E-state index contributed by atoms with van der Waals surface area (Å²) in [6.07, 6.45) is -1.37.